The first-order valence-electron chi connectivity index (χ1n) is 6.65. The number of hydrogen-bond acceptors (Lipinski definition) is 3. The van der Waals surface area contributed by atoms with Crippen molar-refractivity contribution in [3.63, 3.8) is 0 Å². The van der Waals surface area contributed by atoms with Crippen molar-refractivity contribution < 1.29 is 4.74 Å². The number of likely N-dealkylation sites (N-methyl/N-ethyl adjacent to an activating group) is 1. The van der Waals surface area contributed by atoms with Gasteiger partial charge in [-0.3, -0.25) is 0 Å². The summed E-state index contributed by atoms with van der Waals surface area (Å²) >= 11 is 0. The summed E-state index contributed by atoms with van der Waals surface area (Å²) in [6, 6.07) is 0.704. The molecule has 16 heavy (non-hydrogen) atoms. The Hall–Kier alpha value is -0.120. The fraction of sp³-hybridized carbons (Fsp3) is 1.00. The Labute approximate surface area is 102 Å². The molecule has 0 aromatic rings. The summed E-state index contributed by atoms with van der Waals surface area (Å²) in [5.41, 5.74) is 0. The average Bonchev–Trinajstić information content (AvgIpc) is 2.30. The molecule has 0 fully saturated rings. The fourth-order valence-electron chi connectivity index (χ4n) is 1.77. The van der Waals surface area contributed by atoms with E-state index in [2.05, 4.69) is 31.1 Å². The minimum absolute atomic E-state index is 0.704. The van der Waals surface area contributed by atoms with Crippen molar-refractivity contribution in [1.82, 2.24) is 10.2 Å². The molecule has 3 nitrogen and oxygen atoms in total. The Kier molecular flexibility index (Phi) is 11.3. The smallest absolute Gasteiger partial charge is 0.0589 e. The summed E-state index contributed by atoms with van der Waals surface area (Å²) in [5, 5.41) is 3.59. The van der Waals surface area contributed by atoms with E-state index in [9.17, 15) is 0 Å². The van der Waals surface area contributed by atoms with Gasteiger partial charge in [-0.15, -0.1) is 0 Å². The molecular weight excluding hydrogens is 200 g/mol. The molecule has 3 heteroatoms. The molecule has 1 N–H and O–H groups in total. The number of nitrogens with zero attached hydrogens (tertiary/aromatic N) is 1. The molecule has 0 heterocycles. The molecule has 0 aliphatic heterocycles. The van der Waals surface area contributed by atoms with Crippen LogP contribution in [-0.2, 0) is 4.74 Å². The molecule has 0 spiro atoms. The van der Waals surface area contributed by atoms with Gasteiger partial charge in [-0.2, -0.15) is 0 Å². The van der Waals surface area contributed by atoms with E-state index in [0.29, 0.717) is 6.04 Å². The van der Waals surface area contributed by atoms with Gasteiger partial charge < -0.3 is 15.0 Å². The molecule has 1 unspecified atom stereocenters. The molecule has 0 bridgehead atoms. The van der Waals surface area contributed by atoms with Crippen LogP contribution >= 0.6 is 0 Å². The van der Waals surface area contributed by atoms with Crippen molar-refractivity contribution in [2.45, 2.75) is 45.6 Å². The van der Waals surface area contributed by atoms with Crippen molar-refractivity contribution in [3.05, 3.63) is 0 Å². The lowest BCUT2D eigenvalue weighted by atomic mass is 10.1. The van der Waals surface area contributed by atoms with E-state index in [0.717, 1.165) is 19.7 Å². The lowest BCUT2D eigenvalue weighted by molar-refractivity contribution is 0.159. The summed E-state index contributed by atoms with van der Waals surface area (Å²) in [6.07, 6.45) is 5.02. The highest BCUT2D eigenvalue weighted by Gasteiger charge is 2.05. The van der Waals surface area contributed by atoms with E-state index in [4.69, 9.17) is 4.74 Å². The first-order valence-corrected chi connectivity index (χ1v) is 6.65. The van der Waals surface area contributed by atoms with Gasteiger partial charge in [0.2, 0.25) is 0 Å². The van der Waals surface area contributed by atoms with Crippen LogP contribution in [0.1, 0.15) is 39.5 Å². The zero-order valence-corrected chi connectivity index (χ0v) is 11.6. The van der Waals surface area contributed by atoms with Gasteiger partial charge in [0.1, 0.15) is 0 Å². The van der Waals surface area contributed by atoms with Gasteiger partial charge in [0.05, 0.1) is 6.61 Å². The van der Waals surface area contributed by atoms with Crippen LogP contribution in [0, 0.1) is 0 Å². The summed E-state index contributed by atoms with van der Waals surface area (Å²) in [7, 11) is 3.93. The Bertz CT molecular complexity index is 142. The van der Waals surface area contributed by atoms with Gasteiger partial charge in [-0.05, 0) is 45.8 Å². The molecule has 1 atom stereocenters. The zero-order valence-electron chi connectivity index (χ0n) is 11.6. The molecule has 0 aliphatic rings. The maximum absolute atomic E-state index is 5.06. The van der Waals surface area contributed by atoms with E-state index < -0.39 is 0 Å². The van der Waals surface area contributed by atoms with Crippen LogP contribution in [0.15, 0.2) is 0 Å². The predicted molar refractivity (Wildman–Crippen MR) is 71.0 cm³/mol. The number of rotatable bonds is 11. The molecule has 0 rings (SSSR count). The van der Waals surface area contributed by atoms with Crippen LogP contribution < -0.4 is 5.32 Å². The minimum atomic E-state index is 0.704. The van der Waals surface area contributed by atoms with Crippen molar-refractivity contribution in [3.8, 4) is 0 Å². The summed E-state index contributed by atoms with van der Waals surface area (Å²) in [6.45, 7) is 8.68. The van der Waals surface area contributed by atoms with Crippen molar-refractivity contribution in [2.24, 2.45) is 0 Å². The predicted octanol–water partition coefficient (Wildman–Crippen LogP) is 2.12. The second-order valence-electron chi connectivity index (χ2n) is 4.50. The molecular formula is C13H30N2O. The Morgan fingerprint density at radius 1 is 1.25 bits per heavy atom. The zero-order chi connectivity index (χ0) is 12.2. The average molecular weight is 230 g/mol. The first-order chi connectivity index (χ1) is 7.74. The maximum atomic E-state index is 5.06. The monoisotopic (exact) mass is 230 g/mol. The topological polar surface area (TPSA) is 24.5 Å². The van der Waals surface area contributed by atoms with E-state index in [1.807, 2.05) is 0 Å². The van der Waals surface area contributed by atoms with Crippen LogP contribution in [-0.4, -0.2) is 51.3 Å². The third-order valence-electron chi connectivity index (χ3n) is 2.95. The maximum Gasteiger partial charge on any atom is 0.0589 e. The standard InChI is InChI=1S/C13H30N2O/c1-5-9-14-13(6-2)8-7-10-15(3)11-12-16-4/h13-14H,5-12H2,1-4H3. The number of ether oxygens (including phenoxy) is 1. The molecule has 0 aromatic carbocycles. The number of hydrogen-bond donors (Lipinski definition) is 1. The van der Waals surface area contributed by atoms with Crippen LogP contribution in [0.4, 0.5) is 0 Å². The summed E-state index contributed by atoms with van der Waals surface area (Å²) in [4.78, 5) is 2.34. The lowest BCUT2D eigenvalue weighted by Gasteiger charge is -2.19. The SMILES string of the molecule is CCCNC(CC)CCCN(C)CCOC. The normalized spacial score (nSPS) is 13.3. The summed E-state index contributed by atoms with van der Waals surface area (Å²) in [5.74, 6) is 0. The van der Waals surface area contributed by atoms with Crippen LogP contribution in [0.25, 0.3) is 0 Å². The van der Waals surface area contributed by atoms with Crippen molar-refractivity contribution in [1.29, 1.82) is 0 Å². The van der Waals surface area contributed by atoms with Crippen LogP contribution in [0.5, 0.6) is 0 Å². The molecule has 0 amide bonds. The minimum Gasteiger partial charge on any atom is -0.383 e. The van der Waals surface area contributed by atoms with Gasteiger partial charge in [-0.1, -0.05) is 13.8 Å². The molecule has 98 valence electrons. The van der Waals surface area contributed by atoms with Crippen molar-refractivity contribution in [2.75, 3.05) is 40.4 Å². The summed E-state index contributed by atoms with van der Waals surface area (Å²) < 4.78 is 5.06. The number of methoxy groups -OCH3 is 1. The molecule has 0 saturated carbocycles. The van der Waals surface area contributed by atoms with Gasteiger partial charge in [-0.25, -0.2) is 0 Å². The lowest BCUT2D eigenvalue weighted by Crippen LogP contribution is -2.31. The second-order valence-corrected chi connectivity index (χ2v) is 4.50. The third-order valence-corrected chi connectivity index (χ3v) is 2.95. The van der Waals surface area contributed by atoms with E-state index >= 15 is 0 Å². The van der Waals surface area contributed by atoms with Gasteiger partial charge in [0, 0.05) is 19.7 Å². The number of nitrogens with one attached hydrogen (secondary N) is 1. The van der Waals surface area contributed by atoms with Gasteiger partial charge >= 0.3 is 0 Å². The van der Waals surface area contributed by atoms with Crippen LogP contribution in [0.3, 0.4) is 0 Å². The fourth-order valence-corrected chi connectivity index (χ4v) is 1.77. The highest BCUT2D eigenvalue weighted by Crippen LogP contribution is 2.02. The van der Waals surface area contributed by atoms with E-state index in [1.165, 1.54) is 32.2 Å². The van der Waals surface area contributed by atoms with E-state index in [1.54, 1.807) is 7.11 Å². The Balaban J connectivity index is 3.45. The molecule has 0 saturated heterocycles. The van der Waals surface area contributed by atoms with Crippen LogP contribution in [0.2, 0.25) is 0 Å². The van der Waals surface area contributed by atoms with Crippen molar-refractivity contribution >= 4 is 0 Å². The molecule has 0 aliphatic carbocycles. The highest BCUT2D eigenvalue weighted by molar-refractivity contribution is 4.65. The van der Waals surface area contributed by atoms with Gasteiger partial charge in [0.15, 0.2) is 0 Å². The highest BCUT2D eigenvalue weighted by atomic mass is 16.5. The molecule has 0 radical (unpaired) electrons. The molecule has 0 aromatic heterocycles. The second kappa shape index (κ2) is 11.4. The Morgan fingerprint density at radius 3 is 2.56 bits per heavy atom. The van der Waals surface area contributed by atoms with Gasteiger partial charge in [0.25, 0.3) is 0 Å². The van der Waals surface area contributed by atoms with E-state index in [-0.39, 0.29) is 0 Å². The quantitative estimate of drug-likeness (QED) is 0.588. The largest absolute Gasteiger partial charge is 0.383 e. The Morgan fingerprint density at radius 2 is 2.00 bits per heavy atom. The third kappa shape index (κ3) is 9.13. The first kappa shape index (κ1) is 15.9.